The lowest BCUT2D eigenvalue weighted by molar-refractivity contribution is -0.137. The fourth-order valence-electron chi connectivity index (χ4n) is 4.07. The molecule has 3 aromatic rings. The molecule has 36 heavy (non-hydrogen) atoms. The van der Waals surface area contributed by atoms with Gasteiger partial charge in [-0.2, -0.15) is 0 Å². The van der Waals surface area contributed by atoms with Crippen molar-refractivity contribution in [2.75, 3.05) is 23.9 Å². The standard InChI is InChI=1S/C30H36N2O4/c1-21(2)19-23-14-16-25(17-15-23)32(4)20-24-9-7-11-27(22(24)3)31-30(35)26-10-5-6-12-28(26)36-18-8-13-29(33)34/h5-7,9-12,14-17,21H,8,13,18-20H2,1-4H3,(H,31,35)(H,33,34). The van der Waals surface area contributed by atoms with Gasteiger partial charge in [-0.25, -0.2) is 0 Å². The van der Waals surface area contributed by atoms with Gasteiger partial charge in [-0.1, -0.05) is 50.2 Å². The van der Waals surface area contributed by atoms with Crippen molar-refractivity contribution in [3.05, 3.63) is 89.0 Å². The van der Waals surface area contributed by atoms with Crippen LogP contribution in [0.15, 0.2) is 66.7 Å². The fraction of sp³-hybridized carbons (Fsp3) is 0.333. The Hall–Kier alpha value is -3.80. The Morgan fingerprint density at radius 1 is 1.00 bits per heavy atom. The second-order valence-corrected chi connectivity index (χ2v) is 9.51. The lowest BCUT2D eigenvalue weighted by Crippen LogP contribution is -2.19. The average Bonchev–Trinajstić information content (AvgIpc) is 2.84. The summed E-state index contributed by atoms with van der Waals surface area (Å²) in [6, 6.07) is 21.6. The topological polar surface area (TPSA) is 78.9 Å². The van der Waals surface area contributed by atoms with Crippen molar-refractivity contribution >= 4 is 23.3 Å². The number of anilines is 2. The van der Waals surface area contributed by atoms with Gasteiger partial charge in [0.25, 0.3) is 5.91 Å². The van der Waals surface area contributed by atoms with E-state index in [9.17, 15) is 9.59 Å². The number of carboxylic acids is 1. The summed E-state index contributed by atoms with van der Waals surface area (Å²) in [4.78, 5) is 26.0. The summed E-state index contributed by atoms with van der Waals surface area (Å²) in [7, 11) is 2.07. The third kappa shape index (κ3) is 7.60. The summed E-state index contributed by atoms with van der Waals surface area (Å²) in [5, 5.41) is 11.8. The molecule has 0 aromatic heterocycles. The fourth-order valence-corrected chi connectivity index (χ4v) is 4.07. The number of para-hydroxylation sites is 1. The number of ether oxygens (including phenoxy) is 1. The zero-order valence-electron chi connectivity index (χ0n) is 21.6. The third-order valence-electron chi connectivity index (χ3n) is 6.05. The van der Waals surface area contributed by atoms with Crippen LogP contribution in [-0.4, -0.2) is 30.6 Å². The van der Waals surface area contributed by atoms with E-state index < -0.39 is 5.97 Å². The predicted octanol–water partition coefficient (Wildman–Crippen LogP) is 6.33. The monoisotopic (exact) mass is 488 g/mol. The van der Waals surface area contributed by atoms with Crippen molar-refractivity contribution < 1.29 is 19.4 Å². The number of amides is 1. The molecule has 0 saturated heterocycles. The van der Waals surface area contributed by atoms with Crippen LogP contribution in [0.1, 0.15) is 53.7 Å². The smallest absolute Gasteiger partial charge is 0.303 e. The molecule has 0 unspecified atom stereocenters. The quantitative estimate of drug-likeness (QED) is 0.291. The summed E-state index contributed by atoms with van der Waals surface area (Å²) in [5.74, 6) is -0.0635. The number of nitrogens with one attached hydrogen (secondary N) is 1. The number of rotatable bonds is 12. The maximum atomic E-state index is 13.1. The summed E-state index contributed by atoms with van der Waals surface area (Å²) in [5.41, 5.74) is 5.78. The first kappa shape index (κ1) is 26.8. The maximum absolute atomic E-state index is 13.1. The Kier molecular flexibility index (Phi) is 9.51. The second kappa shape index (κ2) is 12.8. The van der Waals surface area contributed by atoms with Crippen LogP contribution in [0.25, 0.3) is 0 Å². The Balaban J connectivity index is 1.68. The van der Waals surface area contributed by atoms with Crippen molar-refractivity contribution in [2.24, 2.45) is 5.92 Å². The molecule has 0 spiro atoms. The summed E-state index contributed by atoms with van der Waals surface area (Å²) < 4.78 is 5.70. The van der Waals surface area contributed by atoms with Gasteiger partial charge >= 0.3 is 5.97 Å². The van der Waals surface area contributed by atoms with Crippen molar-refractivity contribution in [1.82, 2.24) is 0 Å². The van der Waals surface area contributed by atoms with Gasteiger partial charge in [0.2, 0.25) is 0 Å². The normalized spacial score (nSPS) is 10.8. The van der Waals surface area contributed by atoms with Gasteiger partial charge in [-0.15, -0.1) is 0 Å². The number of hydrogen-bond donors (Lipinski definition) is 2. The summed E-state index contributed by atoms with van der Waals surface area (Å²) in [6.45, 7) is 7.41. The molecule has 0 aliphatic heterocycles. The van der Waals surface area contributed by atoms with Crippen LogP contribution >= 0.6 is 0 Å². The van der Waals surface area contributed by atoms with Crippen molar-refractivity contribution in [1.29, 1.82) is 0 Å². The molecule has 2 N–H and O–H groups in total. The molecule has 3 rings (SSSR count). The second-order valence-electron chi connectivity index (χ2n) is 9.51. The Bertz CT molecular complexity index is 1170. The average molecular weight is 489 g/mol. The lowest BCUT2D eigenvalue weighted by Gasteiger charge is -2.22. The molecule has 0 saturated carbocycles. The van der Waals surface area contributed by atoms with Crippen molar-refractivity contribution in [3.63, 3.8) is 0 Å². The van der Waals surface area contributed by atoms with Gasteiger partial charge in [0.15, 0.2) is 0 Å². The van der Waals surface area contributed by atoms with Gasteiger partial charge in [0, 0.05) is 31.4 Å². The molecule has 0 aliphatic carbocycles. The number of aliphatic carboxylic acids is 1. The van der Waals surface area contributed by atoms with E-state index in [4.69, 9.17) is 9.84 Å². The van der Waals surface area contributed by atoms with Gasteiger partial charge < -0.3 is 20.1 Å². The van der Waals surface area contributed by atoms with E-state index in [0.717, 1.165) is 28.9 Å². The van der Waals surface area contributed by atoms with Crippen LogP contribution in [-0.2, 0) is 17.8 Å². The highest BCUT2D eigenvalue weighted by atomic mass is 16.5. The van der Waals surface area contributed by atoms with Crippen molar-refractivity contribution in [2.45, 2.75) is 46.6 Å². The van der Waals surface area contributed by atoms with E-state index in [1.807, 2.05) is 19.1 Å². The molecular weight excluding hydrogens is 452 g/mol. The van der Waals surface area contributed by atoms with E-state index in [0.29, 0.717) is 30.2 Å². The van der Waals surface area contributed by atoms with E-state index >= 15 is 0 Å². The number of carboxylic acid groups (broad SMARTS) is 1. The number of hydrogen-bond acceptors (Lipinski definition) is 4. The molecule has 0 atom stereocenters. The molecule has 6 nitrogen and oxygen atoms in total. The van der Waals surface area contributed by atoms with E-state index in [2.05, 4.69) is 61.4 Å². The number of carbonyl (C=O) groups excluding carboxylic acids is 1. The van der Waals surface area contributed by atoms with Crippen LogP contribution in [0.4, 0.5) is 11.4 Å². The van der Waals surface area contributed by atoms with E-state index in [1.165, 1.54) is 5.56 Å². The van der Waals surface area contributed by atoms with E-state index in [1.54, 1.807) is 24.3 Å². The van der Waals surface area contributed by atoms with Gasteiger partial charge in [0.1, 0.15) is 5.75 Å². The Morgan fingerprint density at radius 2 is 1.72 bits per heavy atom. The minimum absolute atomic E-state index is 0.0247. The van der Waals surface area contributed by atoms with Crippen LogP contribution in [0.3, 0.4) is 0 Å². The van der Waals surface area contributed by atoms with Crippen LogP contribution in [0, 0.1) is 12.8 Å². The SMILES string of the molecule is Cc1c(CN(C)c2ccc(CC(C)C)cc2)cccc1NC(=O)c1ccccc1OCCCC(=O)O. The molecule has 0 aliphatic rings. The van der Waals surface area contributed by atoms with Crippen LogP contribution < -0.4 is 15.0 Å². The number of nitrogens with zero attached hydrogens (tertiary/aromatic N) is 1. The summed E-state index contributed by atoms with van der Waals surface area (Å²) in [6.07, 6.45) is 1.47. The molecule has 0 heterocycles. The summed E-state index contributed by atoms with van der Waals surface area (Å²) >= 11 is 0. The Morgan fingerprint density at radius 3 is 2.42 bits per heavy atom. The predicted molar refractivity (Wildman–Crippen MR) is 145 cm³/mol. The van der Waals surface area contributed by atoms with E-state index in [-0.39, 0.29) is 18.9 Å². The molecular formula is C30H36N2O4. The molecule has 6 heteroatoms. The molecule has 190 valence electrons. The highest BCUT2D eigenvalue weighted by Crippen LogP contribution is 2.25. The first-order valence-corrected chi connectivity index (χ1v) is 12.4. The molecule has 0 radical (unpaired) electrons. The highest BCUT2D eigenvalue weighted by Gasteiger charge is 2.15. The lowest BCUT2D eigenvalue weighted by atomic mass is 10.0. The molecule has 3 aromatic carbocycles. The first-order chi connectivity index (χ1) is 17.2. The van der Waals surface area contributed by atoms with Crippen molar-refractivity contribution in [3.8, 4) is 5.75 Å². The van der Waals surface area contributed by atoms with Gasteiger partial charge in [-0.3, -0.25) is 9.59 Å². The van der Waals surface area contributed by atoms with Crippen LogP contribution in [0.5, 0.6) is 5.75 Å². The largest absolute Gasteiger partial charge is 0.493 e. The van der Waals surface area contributed by atoms with Crippen LogP contribution in [0.2, 0.25) is 0 Å². The zero-order valence-corrected chi connectivity index (χ0v) is 21.6. The first-order valence-electron chi connectivity index (χ1n) is 12.4. The van der Waals surface area contributed by atoms with Gasteiger partial charge in [-0.05, 0) is 72.7 Å². The minimum atomic E-state index is -0.867. The van der Waals surface area contributed by atoms with Gasteiger partial charge in [0.05, 0.1) is 12.2 Å². The highest BCUT2D eigenvalue weighted by molar-refractivity contribution is 6.06. The molecule has 0 fully saturated rings. The maximum Gasteiger partial charge on any atom is 0.303 e. The zero-order chi connectivity index (χ0) is 26.1. The molecule has 1 amide bonds. The minimum Gasteiger partial charge on any atom is -0.493 e. The number of carbonyl (C=O) groups is 2. The number of benzene rings is 3. The molecule has 0 bridgehead atoms. The third-order valence-corrected chi connectivity index (χ3v) is 6.05. The Labute approximate surface area is 213 Å².